The Labute approximate surface area is 243 Å². The third kappa shape index (κ3) is 20.7. The second kappa shape index (κ2) is 25.0. The fourth-order valence-electron chi connectivity index (χ4n) is 3.21. The van der Waals surface area contributed by atoms with E-state index < -0.39 is 0 Å². The second-order valence-electron chi connectivity index (χ2n) is 8.50. The maximum atomic E-state index is 11.0. The summed E-state index contributed by atoms with van der Waals surface area (Å²) in [6.07, 6.45) is 0. The Balaban J connectivity index is 1.20. The van der Waals surface area contributed by atoms with Gasteiger partial charge in [0.2, 0.25) is 5.91 Å². The number of hydrogen-bond donors (Lipinski definition) is 1. The van der Waals surface area contributed by atoms with Gasteiger partial charge in [-0.15, -0.1) is 0 Å². The van der Waals surface area contributed by atoms with Crippen molar-refractivity contribution >= 4 is 11.6 Å². The molecule has 2 aromatic rings. The van der Waals surface area contributed by atoms with Crippen molar-refractivity contribution in [3.05, 3.63) is 54.6 Å². The summed E-state index contributed by atoms with van der Waals surface area (Å²) in [4.78, 5) is 11.0. The molecule has 0 aliphatic heterocycles. The average molecular weight is 580 g/mol. The van der Waals surface area contributed by atoms with Gasteiger partial charge in [-0.25, -0.2) is 0 Å². The monoisotopic (exact) mass is 579 g/mol. The maximum absolute atomic E-state index is 11.0. The number of rotatable bonds is 27. The lowest BCUT2D eigenvalue weighted by atomic mass is 10.3. The molecule has 0 spiro atoms. The fourth-order valence-corrected chi connectivity index (χ4v) is 3.21. The van der Waals surface area contributed by atoms with Crippen LogP contribution in [0.4, 0.5) is 5.69 Å². The van der Waals surface area contributed by atoms with Crippen LogP contribution in [-0.2, 0) is 38.0 Å². The maximum Gasteiger partial charge on any atom is 0.221 e. The highest BCUT2D eigenvalue weighted by Crippen LogP contribution is 2.15. The third-order valence-corrected chi connectivity index (χ3v) is 5.14. The van der Waals surface area contributed by atoms with Gasteiger partial charge in [0.25, 0.3) is 0 Å². The van der Waals surface area contributed by atoms with E-state index in [-0.39, 0.29) is 5.91 Å². The van der Waals surface area contributed by atoms with E-state index in [4.69, 9.17) is 42.6 Å². The summed E-state index contributed by atoms with van der Waals surface area (Å²) < 4.78 is 49.4. The van der Waals surface area contributed by atoms with Crippen LogP contribution in [-0.4, -0.2) is 112 Å². The zero-order valence-electron chi connectivity index (χ0n) is 24.1. The Hall–Kier alpha value is -2.77. The average Bonchev–Trinajstić information content (AvgIpc) is 2.98. The van der Waals surface area contributed by atoms with Gasteiger partial charge in [-0.3, -0.25) is 4.79 Å². The summed E-state index contributed by atoms with van der Waals surface area (Å²) in [5.74, 6) is 1.46. The van der Waals surface area contributed by atoms with E-state index in [1.807, 2.05) is 30.3 Å². The molecule has 0 saturated heterocycles. The Morgan fingerprint density at radius 1 is 0.463 bits per heavy atom. The minimum atomic E-state index is -0.106. The zero-order chi connectivity index (χ0) is 29.1. The van der Waals surface area contributed by atoms with Gasteiger partial charge in [-0.2, -0.15) is 0 Å². The van der Waals surface area contributed by atoms with E-state index in [1.165, 1.54) is 6.92 Å². The summed E-state index contributed by atoms with van der Waals surface area (Å²) in [7, 11) is 0. The predicted molar refractivity (Wildman–Crippen MR) is 154 cm³/mol. The normalized spacial score (nSPS) is 11.0. The molecule has 2 rings (SSSR count). The quantitative estimate of drug-likeness (QED) is 0.158. The van der Waals surface area contributed by atoms with Gasteiger partial charge >= 0.3 is 0 Å². The number of carbonyl (C=O) groups is 1. The molecule has 0 unspecified atom stereocenters. The lowest BCUT2D eigenvalue weighted by molar-refractivity contribution is -0.114. The summed E-state index contributed by atoms with van der Waals surface area (Å²) >= 11 is 0. The molecule has 1 N–H and O–H groups in total. The van der Waals surface area contributed by atoms with Gasteiger partial charge in [-0.1, -0.05) is 18.2 Å². The fraction of sp³-hybridized carbons (Fsp3) is 0.567. The molecule has 0 bridgehead atoms. The first kappa shape index (κ1) is 34.4. The Kier molecular flexibility index (Phi) is 21.0. The van der Waals surface area contributed by atoms with Crippen LogP contribution < -0.4 is 14.8 Å². The van der Waals surface area contributed by atoms with Crippen molar-refractivity contribution in [1.82, 2.24) is 0 Å². The Morgan fingerprint density at radius 3 is 1.12 bits per heavy atom. The molecule has 0 fully saturated rings. The van der Waals surface area contributed by atoms with E-state index >= 15 is 0 Å². The minimum Gasteiger partial charge on any atom is -0.491 e. The molecule has 0 atom stereocenters. The smallest absolute Gasteiger partial charge is 0.221 e. The summed E-state index contributed by atoms with van der Waals surface area (Å²) in [6, 6.07) is 16.8. The summed E-state index contributed by atoms with van der Waals surface area (Å²) in [5, 5.41) is 2.71. The molecule has 0 heterocycles. The first-order chi connectivity index (χ1) is 20.2. The number of carbonyl (C=O) groups excluding carboxylic acids is 1. The van der Waals surface area contributed by atoms with E-state index in [1.54, 1.807) is 24.3 Å². The van der Waals surface area contributed by atoms with Crippen LogP contribution in [0.2, 0.25) is 0 Å². The van der Waals surface area contributed by atoms with Crippen molar-refractivity contribution in [2.45, 2.75) is 6.92 Å². The molecule has 11 nitrogen and oxygen atoms in total. The van der Waals surface area contributed by atoms with E-state index in [0.29, 0.717) is 106 Å². The lowest BCUT2D eigenvalue weighted by Gasteiger charge is -2.09. The van der Waals surface area contributed by atoms with Crippen molar-refractivity contribution < 1.29 is 47.4 Å². The first-order valence-corrected chi connectivity index (χ1v) is 14.0. The van der Waals surface area contributed by atoms with Crippen LogP contribution in [0.25, 0.3) is 0 Å². The molecule has 1 amide bonds. The van der Waals surface area contributed by atoms with Gasteiger partial charge < -0.3 is 47.9 Å². The molecule has 0 aliphatic rings. The molecule has 0 aliphatic carbocycles. The van der Waals surface area contributed by atoms with Crippen LogP contribution in [0.1, 0.15) is 6.92 Å². The molecule has 11 heteroatoms. The topological polar surface area (TPSA) is 112 Å². The van der Waals surface area contributed by atoms with Crippen LogP contribution in [0.5, 0.6) is 11.5 Å². The third-order valence-electron chi connectivity index (χ3n) is 5.14. The van der Waals surface area contributed by atoms with Crippen molar-refractivity contribution in [3.63, 3.8) is 0 Å². The molecule has 41 heavy (non-hydrogen) atoms. The lowest BCUT2D eigenvalue weighted by Crippen LogP contribution is -2.15. The molecule has 0 aromatic heterocycles. The highest BCUT2D eigenvalue weighted by molar-refractivity contribution is 5.88. The van der Waals surface area contributed by atoms with Gasteiger partial charge in [0.15, 0.2) is 0 Å². The number of ether oxygens (including phenoxy) is 9. The molecular weight excluding hydrogens is 534 g/mol. The molecular formula is C30H45NO10. The van der Waals surface area contributed by atoms with Crippen molar-refractivity contribution in [3.8, 4) is 11.5 Å². The second-order valence-corrected chi connectivity index (χ2v) is 8.50. The Morgan fingerprint density at radius 2 is 0.780 bits per heavy atom. The summed E-state index contributed by atoms with van der Waals surface area (Å²) in [5.41, 5.74) is 0.734. The highest BCUT2D eigenvalue weighted by Gasteiger charge is 1.99. The van der Waals surface area contributed by atoms with Crippen molar-refractivity contribution in [2.75, 3.05) is 111 Å². The first-order valence-electron chi connectivity index (χ1n) is 14.0. The number of nitrogens with one attached hydrogen (secondary N) is 1. The number of hydrogen-bond acceptors (Lipinski definition) is 10. The SMILES string of the molecule is CC(=O)Nc1ccc(OCCOCCOCCOCCOCCOCCOCCOCCOc2ccccc2)cc1. The largest absolute Gasteiger partial charge is 0.491 e. The molecule has 2 aromatic carbocycles. The number of amides is 1. The zero-order valence-corrected chi connectivity index (χ0v) is 24.1. The van der Waals surface area contributed by atoms with E-state index in [0.717, 1.165) is 17.2 Å². The van der Waals surface area contributed by atoms with Crippen LogP contribution in [0.15, 0.2) is 54.6 Å². The number of para-hydroxylation sites is 1. The van der Waals surface area contributed by atoms with E-state index in [9.17, 15) is 4.79 Å². The van der Waals surface area contributed by atoms with Crippen molar-refractivity contribution in [1.29, 1.82) is 0 Å². The van der Waals surface area contributed by atoms with Crippen LogP contribution in [0.3, 0.4) is 0 Å². The van der Waals surface area contributed by atoms with Gasteiger partial charge in [0, 0.05) is 12.6 Å². The van der Waals surface area contributed by atoms with Crippen LogP contribution in [0, 0.1) is 0 Å². The van der Waals surface area contributed by atoms with Gasteiger partial charge in [0.1, 0.15) is 24.7 Å². The van der Waals surface area contributed by atoms with Crippen molar-refractivity contribution in [2.24, 2.45) is 0 Å². The molecule has 0 saturated carbocycles. The van der Waals surface area contributed by atoms with Gasteiger partial charge in [0.05, 0.1) is 92.5 Å². The summed E-state index contributed by atoms with van der Waals surface area (Å²) in [6.45, 7) is 9.47. The minimum absolute atomic E-state index is 0.106. The highest BCUT2D eigenvalue weighted by atomic mass is 16.6. The van der Waals surface area contributed by atoms with E-state index in [2.05, 4.69) is 5.32 Å². The standard InChI is InChI=1S/C30H45NO10/c1-27(32)31-28-7-9-30(10-8-28)41-26-24-39-22-20-37-18-16-35-14-12-33-11-13-34-15-17-36-19-21-38-23-25-40-29-5-3-2-4-6-29/h2-10H,11-26H2,1H3,(H,31,32). The molecule has 0 radical (unpaired) electrons. The Bertz CT molecular complexity index is 869. The predicted octanol–water partition coefficient (Wildman–Crippen LogP) is 3.22. The van der Waals surface area contributed by atoms with Gasteiger partial charge in [-0.05, 0) is 36.4 Å². The number of anilines is 1. The number of benzene rings is 2. The van der Waals surface area contributed by atoms with Crippen LogP contribution >= 0.6 is 0 Å². The molecule has 230 valence electrons.